The lowest BCUT2D eigenvalue weighted by molar-refractivity contribution is 0.114. The lowest BCUT2D eigenvalue weighted by Gasteiger charge is -2.28. The maximum atomic E-state index is 12.3. The Bertz CT molecular complexity index is 542. The minimum atomic E-state index is -3.61. The second-order valence-electron chi connectivity index (χ2n) is 4.68. The van der Waals surface area contributed by atoms with E-state index in [0.29, 0.717) is 6.42 Å². The molecule has 114 valence electrons. The van der Waals surface area contributed by atoms with Gasteiger partial charge in [-0.2, -0.15) is 0 Å². The highest BCUT2D eigenvalue weighted by Gasteiger charge is 2.29. The molecule has 1 heterocycles. The van der Waals surface area contributed by atoms with E-state index in [-0.39, 0.29) is 10.1 Å². The van der Waals surface area contributed by atoms with Gasteiger partial charge >= 0.3 is 0 Å². The summed E-state index contributed by atoms with van der Waals surface area (Å²) in [6.45, 7) is 7.47. The SMILES string of the molecule is C=CC[C@H](O)[C@@H](NS(=O)(=O)c1ccc(Br)s1)[C@H](C)CC. The number of halogens is 1. The van der Waals surface area contributed by atoms with E-state index in [4.69, 9.17) is 0 Å². The molecular weight excluding hydrogens is 362 g/mol. The van der Waals surface area contributed by atoms with E-state index in [2.05, 4.69) is 27.2 Å². The highest BCUT2D eigenvalue weighted by molar-refractivity contribution is 9.11. The van der Waals surface area contributed by atoms with Gasteiger partial charge in [0.1, 0.15) is 4.21 Å². The van der Waals surface area contributed by atoms with Crippen molar-refractivity contribution in [3.05, 3.63) is 28.6 Å². The summed E-state index contributed by atoms with van der Waals surface area (Å²) < 4.78 is 28.3. The van der Waals surface area contributed by atoms with Gasteiger partial charge in [0.2, 0.25) is 10.0 Å². The Labute approximate surface area is 133 Å². The summed E-state index contributed by atoms with van der Waals surface area (Å²) >= 11 is 4.40. The van der Waals surface area contributed by atoms with Crippen LogP contribution in [0, 0.1) is 5.92 Å². The predicted molar refractivity (Wildman–Crippen MR) is 86.4 cm³/mol. The van der Waals surface area contributed by atoms with Crippen LogP contribution in [0.2, 0.25) is 0 Å². The van der Waals surface area contributed by atoms with Crippen molar-refractivity contribution in [2.24, 2.45) is 5.92 Å². The fourth-order valence-electron chi connectivity index (χ4n) is 1.82. The topological polar surface area (TPSA) is 66.4 Å². The lowest BCUT2D eigenvalue weighted by Crippen LogP contribution is -2.46. The third-order valence-corrected chi connectivity index (χ3v) is 6.76. The van der Waals surface area contributed by atoms with E-state index in [0.717, 1.165) is 21.5 Å². The summed E-state index contributed by atoms with van der Waals surface area (Å²) in [4.78, 5) is 0. The fraction of sp³-hybridized carbons (Fsp3) is 0.538. The monoisotopic (exact) mass is 381 g/mol. The number of aliphatic hydroxyl groups is 1. The van der Waals surface area contributed by atoms with Crippen LogP contribution in [-0.4, -0.2) is 25.7 Å². The lowest BCUT2D eigenvalue weighted by atomic mass is 9.94. The zero-order valence-corrected chi connectivity index (χ0v) is 14.8. The maximum absolute atomic E-state index is 12.3. The molecular formula is C13H20BrNO3S2. The van der Waals surface area contributed by atoms with Gasteiger partial charge in [-0.1, -0.05) is 26.3 Å². The van der Waals surface area contributed by atoms with E-state index in [1.54, 1.807) is 18.2 Å². The molecule has 0 aromatic carbocycles. The number of nitrogens with one attached hydrogen (secondary N) is 1. The Morgan fingerprint density at radius 1 is 1.55 bits per heavy atom. The second kappa shape index (κ2) is 7.70. The van der Waals surface area contributed by atoms with Crippen LogP contribution in [0.25, 0.3) is 0 Å². The van der Waals surface area contributed by atoms with Gasteiger partial charge in [-0.3, -0.25) is 0 Å². The summed E-state index contributed by atoms with van der Waals surface area (Å²) in [6, 6.07) is 2.71. The average molecular weight is 382 g/mol. The molecule has 2 N–H and O–H groups in total. The van der Waals surface area contributed by atoms with Crippen molar-refractivity contribution in [2.75, 3.05) is 0 Å². The van der Waals surface area contributed by atoms with Crippen molar-refractivity contribution in [1.29, 1.82) is 0 Å². The van der Waals surface area contributed by atoms with E-state index in [1.807, 2.05) is 13.8 Å². The molecule has 0 fully saturated rings. The zero-order valence-electron chi connectivity index (χ0n) is 11.5. The Kier molecular flexibility index (Phi) is 6.87. The molecule has 7 heteroatoms. The Hall–Kier alpha value is -0.210. The molecule has 0 bridgehead atoms. The third-order valence-electron chi connectivity index (χ3n) is 3.18. The summed E-state index contributed by atoms with van der Waals surface area (Å²) in [5, 5.41) is 10.1. The minimum Gasteiger partial charge on any atom is -0.391 e. The van der Waals surface area contributed by atoms with Crippen LogP contribution < -0.4 is 4.72 Å². The Balaban J connectivity index is 2.96. The molecule has 0 aliphatic heterocycles. The van der Waals surface area contributed by atoms with Crippen LogP contribution in [0.15, 0.2) is 32.8 Å². The van der Waals surface area contributed by atoms with Crippen LogP contribution in [0.5, 0.6) is 0 Å². The van der Waals surface area contributed by atoms with Crippen LogP contribution >= 0.6 is 27.3 Å². The molecule has 0 aliphatic rings. The van der Waals surface area contributed by atoms with Gasteiger partial charge in [-0.15, -0.1) is 17.9 Å². The summed E-state index contributed by atoms with van der Waals surface area (Å²) in [7, 11) is -3.61. The molecule has 20 heavy (non-hydrogen) atoms. The number of aliphatic hydroxyl groups excluding tert-OH is 1. The van der Waals surface area contributed by atoms with Gasteiger partial charge in [0.05, 0.1) is 15.9 Å². The molecule has 4 nitrogen and oxygen atoms in total. The number of hydrogen-bond acceptors (Lipinski definition) is 4. The van der Waals surface area contributed by atoms with Crippen LogP contribution in [0.1, 0.15) is 26.7 Å². The van der Waals surface area contributed by atoms with E-state index >= 15 is 0 Å². The Morgan fingerprint density at radius 2 is 2.20 bits per heavy atom. The first-order chi connectivity index (χ1) is 9.31. The van der Waals surface area contributed by atoms with Crippen molar-refractivity contribution in [3.8, 4) is 0 Å². The molecule has 1 aromatic rings. The van der Waals surface area contributed by atoms with E-state index in [1.165, 1.54) is 0 Å². The van der Waals surface area contributed by atoms with Gasteiger partial charge in [-0.25, -0.2) is 13.1 Å². The average Bonchev–Trinajstić information content (AvgIpc) is 2.83. The van der Waals surface area contributed by atoms with Gasteiger partial charge in [0.15, 0.2) is 0 Å². The Morgan fingerprint density at radius 3 is 2.65 bits per heavy atom. The quantitative estimate of drug-likeness (QED) is 0.679. The van der Waals surface area contributed by atoms with Gasteiger partial charge in [0.25, 0.3) is 0 Å². The second-order valence-corrected chi connectivity index (χ2v) is 9.09. The molecule has 0 saturated heterocycles. The molecule has 0 aliphatic carbocycles. The molecule has 0 amide bonds. The van der Waals surface area contributed by atoms with Crippen LogP contribution in [-0.2, 0) is 10.0 Å². The number of sulfonamides is 1. The summed E-state index contributed by atoms with van der Waals surface area (Å²) in [5.41, 5.74) is 0. The van der Waals surface area contributed by atoms with Gasteiger partial charge in [-0.05, 0) is 40.4 Å². The third kappa shape index (κ3) is 4.66. The van der Waals surface area contributed by atoms with Crippen molar-refractivity contribution < 1.29 is 13.5 Å². The van der Waals surface area contributed by atoms with Crippen LogP contribution in [0.3, 0.4) is 0 Å². The molecule has 0 unspecified atom stereocenters. The number of hydrogen-bond donors (Lipinski definition) is 2. The van der Waals surface area contributed by atoms with Gasteiger partial charge in [0, 0.05) is 0 Å². The summed E-state index contributed by atoms with van der Waals surface area (Å²) in [5.74, 6) is 0.0307. The maximum Gasteiger partial charge on any atom is 0.250 e. The van der Waals surface area contributed by atoms with Crippen molar-refractivity contribution in [2.45, 2.75) is 43.0 Å². The number of rotatable bonds is 8. The molecule has 0 radical (unpaired) electrons. The van der Waals surface area contributed by atoms with E-state index in [9.17, 15) is 13.5 Å². The summed E-state index contributed by atoms with van der Waals surface area (Å²) in [6.07, 6.45) is 1.94. The van der Waals surface area contributed by atoms with Crippen molar-refractivity contribution in [3.63, 3.8) is 0 Å². The molecule has 0 spiro atoms. The molecule has 3 atom stereocenters. The molecule has 1 rings (SSSR count). The predicted octanol–water partition coefficient (Wildman–Crippen LogP) is 3.14. The van der Waals surface area contributed by atoms with Crippen LogP contribution in [0.4, 0.5) is 0 Å². The minimum absolute atomic E-state index is 0.0307. The first-order valence-corrected chi connectivity index (χ1v) is 9.47. The smallest absolute Gasteiger partial charge is 0.250 e. The molecule has 1 aromatic heterocycles. The van der Waals surface area contributed by atoms with E-state index < -0.39 is 22.2 Å². The highest BCUT2D eigenvalue weighted by Crippen LogP contribution is 2.27. The highest BCUT2D eigenvalue weighted by atomic mass is 79.9. The standard InChI is InChI=1S/C13H20BrNO3S2/c1-4-6-10(16)13(9(3)5-2)15-20(17,18)12-8-7-11(14)19-12/h4,7-10,13,15-16H,1,5-6H2,2-3H3/t9-,10+,13+/m1/s1. The van der Waals surface area contributed by atoms with Crippen molar-refractivity contribution in [1.82, 2.24) is 4.72 Å². The molecule has 0 saturated carbocycles. The first kappa shape index (κ1) is 17.8. The zero-order chi connectivity index (χ0) is 15.3. The number of thiophene rings is 1. The largest absolute Gasteiger partial charge is 0.391 e. The normalized spacial score (nSPS) is 16.6. The first-order valence-electron chi connectivity index (χ1n) is 6.38. The van der Waals surface area contributed by atoms with Gasteiger partial charge < -0.3 is 5.11 Å². The van der Waals surface area contributed by atoms with Crippen molar-refractivity contribution >= 4 is 37.3 Å². The fourth-order valence-corrected chi connectivity index (χ4v) is 5.23.